The molecule has 0 radical (unpaired) electrons. The van der Waals surface area contributed by atoms with E-state index in [4.69, 9.17) is 4.74 Å². The van der Waals surface area contributed by atoms with E-state index in [-0.39, 0.29) is 17.2 Å². The predicted molar refractivity (Wildman–Crippen MR) is 67.2 cm³/mol. The van der Waals surface area contributed by atoms with E-state index in [0.717, 1.165) is 5.56 Å². The quantitative estimate of drug-likeness (QED) is 0.904. The van der Waals surface area contributed by atoms with Gasteiger partial charge in [-0.05, 0) is 32.0 Å². The van der Waals surface area contributed by atoms with Crippen LogP contribution in [-0.2, 0) is 0 Å². The molecule has 0 saturated heterocycles. The maximum Gasteiger partial charge on any atom is 0.251 e. The smallest absolute Gasteiger partial charge is 0.251 e. The molecule has 1 N–H and O–H groups in total. The molecule has 94 valence electrons. The number of pyridine rings is 1. The van der Waals surface area contributed by atoms with E-state index >= 15 is 0 Å². The number of rotatable bonds is 3. The topological polar surface area (TPSA) is 42.4 Å². The normalized spacial score (nSPS) is 10.4. The van der Waals surface area contributed by atoms with E-state index in [1.165, 1.54) is 12.3 Å². The van der Waals surface area contributed by atoms with Gasteiger partial charge in [-0.3, -0.25) is 0 Å². The molecule has 0 aliphatic rings. The molecular formula is C14H14FNO2. The Hall–Kier alpha value is -2.10. The van der Waals surface area contributed by atoms with Gasteiger partial charge in [-0.2, -0.15) is 0 Å². The Morgan fingerprint density at radius 1 is 1.28 bits per heavy atom. The van der Waals surface area contributed by atoms with Crippen LogP contribution in [0.15, 0.2) is 30.5 Å². The van der Waals surface area contributed by atoms with Crippen molar-refractivity contribution in [2.24, 2.45) is 0 Å². The van der Waals surface area contributed by atoms with Gasteiger partial charge >= 0.3 is 0 Å². The standard InChI is InChI=1S/C14H14FNO2/c1-3-18-14-13(15)10(6-7-16-14)11-8-9(2)4-5-12(11)17/h4-8,17H,3H2,1-2H3. The van der Waals surface area contributed by atoms with Gasteiger partial charge in [0.1, 0.15) is 5.75 Å². The van der Waals surface area contributed by atoms with Crippen molar-refractivity contribution in [3.63, 3.8) is 0 Å². The van der Waals surface area contributed by atoms with E-state index in [1.807, 2.05) is 6.92 Å². The van der Waals surface area contributed by atoms with Crippen LogP contribution in [-0.4, -0.2) is 16.7 Å². The van der Waals surface area contributed by atoms with Crippen molar-refractivity contribution in [1.29, 1.82) is 0 Å². The zero-order valence-corrected chi connectivity index (χ0v) is 10.3. The summed E-state index contributed by atoms with van der Waals surface area (Å²) in [6.45, 7) is 3.98. The van der Waals surface area contributed by atoms with E-state index in [9.17, 15) is 9.50 Å². The predicted octanol–water partition coefficient (Wildman–Crippen LogP) is 3.30. The Morgan fingerprint density at radius 3 is 2.78 bits per heavy atom. The van der Waals surface area contributed by atoms with Crippen LogP contribution in [0.4, 0.5) is 4.39 Å². The highest BCUT2D eigenvalue weighted by molar-refractivity contribution is 5.71. The molecule has 18 heavy (non-hydrogen) atoms. The van der Waals surface area contributed by atoms with Crippen LogP contribution in [0.1, 0.15) is 12.5 Å². The fourth-order valence-corrected chi connectivity index (χ4v) is 1.74. The number of aromatic hydroxyl groups is 1. The number of halogens is 1. The monoisotopic (exact) mass is 247 g/mol. The molecule has 1 heterocycles. The summed E-state index contributed by atoms with van der Waals surface area (Å²) in [7, 11) is 0. The minimum Gasteiger partial charge on any atom is -0.507 e. The molecule has 0 aliphatic carbocycles. The molecule has 2 rings (SSSR count). The summed E-state index contributed by atoms with van der Waals surface area (Å²) in [5, 5.41) is 9.81. The molecule has 0 fully saturated rings. The van der Waals surface area contributed by atoms with Gasteiger partial charge in [0.15, 0.2) is 5.82 Å². The van der Waals surface area contributed by atoms with Gasteiger partial charge in [0.05, 0.1) is 6.61 Å². The molecular weight excluding hydrogens is 233 g/mol. The number of ether oxygens (including phenoxy) is 1. The Bertz CT molecular complexity index is 570. The molecule has 0 aliphatic heterocycles. The first-order valence-electron chi connectivity index (χ1n) is 5.70. The summed E-state index contributed by atoms with van der Waals surface area (Å²) in [6, 6.07) is 6.56. The fourth-order valence-electron chi connectivity index (χ4n) is 1.74. The van der Waals surface area contributed by atoms with Crippen molar-refractivity contribution in [2.75, 3.05) is 6.61 Å². The number of nitrogens with zero attached hydrogens (tertiary/aromatic N) is 1. The third-order valence-electron chi connectivity index (χ3n) is 2.58. The van der Waals surface area contributed by atoms with E-state index in [0.29, 0.717) is 12.2 Å². The number of aryl methyl sites for hydroxylation is 1. The number of hydrogen-bond donors (Lipinski definition) is 1. The van der Waals surface area contributed by atoms with Crippen molar-refractivity contribution < 1.29 is 14.2 Å². The highest BCUT2D eigenvalue weighted by Gasteiger charge is 2.14. The second-order valence-corrected chi connectivity index (χ2v) is 3.93. The first kappa shape index (κ1) is 12.4. The number of aromatic nitrogens is 1. The summed E-state index contributed by atoms with van der Waals surface area (Å²) < 4.78 is 19.3. The van der Waals surface area contributed by atoms with Crippen molar-refractivity contribution in [1.82, 2.24) is 4.98 Å². The SMILES string of the molecule is CCOc1nccc(-c2cc(C)ccc2O)c1F. The van der Waals surface area contributed by atoms with Crippen LogP contribution in [0, 0.1) is 12.7 Å². The summed E-state index contributed by atoms with van der Waals surface area (Å²) >= 11 is 0. The first-order chi connectivity index (χ1) is 8.63. The van der Waals surface area contributed by atoms with Crippen molar-refractivity contribution in [3.8, 4) is 22.8 Å². The molecule has 0 atom stereocenters. The zero-order chi connectivity index (χ0) is 13.1. The average molecular weight is 247 g/mol. The van der Waals surface area contributed by atoms with Crippen LogP contribution in [0.5, 0.6) is 11.6 Å². The van der Waals surface area contributed by atoms with E-state index in [2.05, 4.69) is 4.98 Å². The Balaban J connectivity index is 2.57. The molecule has 0 spiro atoms. The zero-order valence-electron chi connectivity index (χ0n) is 10.3. The number of hydrogen-bond acceptors (Lipinski definition) is 3. The lowest BCUT2D eigenvalue weighted by Crippen LogP contribution is -1.99. The summed E-state index contributed by atoms with van der Waals surface area (Å²) in [5.74, 6) is -0.565. The third-order valence-corrected chi connectivity index (χ3v) is 2.58. The number of phenols is 1. The van der Waals surface area contributed by atoms with Crippen LogP contribution in [0.25, 0.3) is 11.1 Å². The molecule has 1 aromatic carbocycles. The molecule has 0 amide bonds. The second kappa shape index (κ2) is 5.04. The summed E-state index contributed by atoms with van der Waals surface area (Å²) in [6.07, 6.45) is 1.46. The molecule has 0 bridgehead atoms. The molecule has 0 saturated carbocycles. The van der Waals surface area contributed by atoms with Crippen LogP contribution < -0.4 is 4.74 Å². The largest absolute Gasteiger partial charge is 0.507 e. The van der Waals surface area contributed by atoms with Gasteiger partial charge < -0.3 is 9.84 Å². The minimum absolute atomic E-state index is 0.0353. The van der Waals surface area contributed by atoms with E-state index in [1.54, 1.807) is 25.1 Å². The van der Waals surface area contributed by atoms with Gasteiger partial charge in [0, 0.05) is 17.3 Å². The van der Waals surface area contributed by atoms with Crippen molar-refractivity contribution in [2.45, 2.75) is 13.8 Å². The lowest BCUT2D eigenvalue weighted by atomic mass is 10.0. The summed E-state index contributed by atoms with van der Waals surface area (Å²) in [4.78, 5) is 3.83. The highest BCUT2D eigenvalue weighted by atomic mass is 19.1. The van der Waals surface area contributed by atoms with Gasteiger partial charge in [-0.1, -0.05) is 11.6 Å². The van der Waals surface area contributed by atoms with Crippen LogP contribution in [0.3, 0.4) is 0 Å². The molecule has 1 aromatic heterocycles. The van der Waals surface area contributed by atoms with Crippen molar-refractivity contribution in [3.05, 3.63) is 41.8 Å². The molecule has 4 heteroatoms. The number of phenolic OH excluding ortho intramolecular Hbond substituents is 1. The Labute approximate surface area is 105 Å². The lowest BCUT2D eigenvalue weighted by molar-refractivity contribution is 0.308. The van der Waals surface area contributed by atoms with Crippen LogP contribution in [0.2, 0.25) is 0 Å². The highest BCUT2D eigenvalue weighted by Crippen LogP contribution is 2.34. The maximum atomic E-state index is 14.2. The molecule has 2 aromatic rings. The lowest BCUT2D eigenvalue weighted by Gasteiger charge is -2.10. The summed E-state index contributed by atoms with van der Waals surface area (Å²) in [5.41, 5.74) is 1.67. The maximum absolute atomic E-state index is 14.2. The van der Waals surface area contributed by atoms with Gasteiger partial charge in [0.25, 0.3) is 5.88 Å². The van der Waals surface area contributed by atoms with Crippen molar-refractivity contribution >= 4 is 0 Å². The van der Waals surface area contributed by atoms with Gasteiger partial charge in [-0.25, -0.2) is 9.37 Å². The molecule has 0 unspecified atom stereocenters. The molecule has 3 nitrogen and oxygen atoms in total. The van der Waals surface area contributed by atoms with E-state index < -0.39 is 5.82 Å². The fraction of sp³-hybridized carbons (Fsp3) is 0.214. The number of benzene rings is 1. The Morgan fingerprint density at radius 2 is 2.06 bits per heavy atom. The first-order valence-corrected chi connectivity index (χ1v) is 5.70. The Kier molecular flexibility index (Phi) is 3.46. The van der Waals surface area contributed by atoms with Crippen LogP contribution >= 0.6 is 0 Å². The van der Waals surface area contributed by atoms with Gasteiger partial charge in [-0.15, -0.1) is 0 Å². The minimum atomic E-state index is -0.555. The van der Waals surface area contributed by atoms with Gasteiger partial charge in [0.2, 0.25) is 0 Å². The second-order valence-electron chi connectivity index (χ2n) is 3.93. The third kappa shape index (κ3) is 2.27. The average Bonchev–Trinajstić information content (AvgIpc) is 2.35.